The lowest BCUT2D eigenvalue weighted by atomic mass is 9.78. The first-order chi connectivity index (χ1) is 14.3. The fourth-order valence-corrected chi connectivity index (χ4v) is 4.72. The normalized spacial score (nSPS) is 25.8. The van der Waals surface area contributed by atoms with Crippen LogP contribution >= 0.6 is 11.6 Å². The number of halogens is 1. The van der Waals surface area contributed by atoms with Crippen molar-refractivity contribution in [3.63, 3.8) is 0 Å². The number of hydrogen-bond acceptors (Lipinski definition) is 6. The summed E-state index contributed by atoms with van der Waals surface area (Å²) in [5.41, 5.74) is 0. The molecule has 1 N–H and O–H groups in total. The number of hydrogen-bond donors (Lipinski definition) is 1. The van der Waals surface area contributed by atoms with E-state index in [1.807, 2.05) is 18.7 Å². The summed E-state index contributed by atoms with van der Waals surface area (Å²) in [6, 6.07) is 5.19. The zero-order chi connectivity index (χ0) is 21.4. The number of methoxy groups -OCH3 is 1. The Bertz CT molecular complexity index is 934. The molecule has 4 atom stereocenters. The number of carbonyl (C=O) groups is 1. The van der Waals surface area contributed by atoms with Gasteiger partial charge in [-0.2, -0.15) is 5.10 Å². The summed E-state index contributed by atoms with van der Waals surface area (Å²) in [5, 5.41) is 15.5. The van der Waals surface area contributed by atoms with Crippen LogP contribution < -0.4 is 9.47 Å². The molecule has 2 heterocycles. The highest BCUT2D eigenvalue weighted by molar-refractivity contribution is 6.30. The molecule has 0 unspecified atom stereocenters. The van der Waals surface area contributed by atoms with E-state index in [-0.39, 0.29) is 24.5 Å². The molecule has 9 heteroatoms. The van der Waals surface area contributed by atoms with Crippen LogP contribution in [-0.4, -0.2) is 63.1 Å². The molecular weight excluding hydrogens is 408 g/mol. The standard InChI is InChI=1S/C21H27ClN4O4/c1-12-23-13(2)26(24-12)11-21(28)25-9-14-6-17(27)19(7-15(14)10-25)30-18-5-4-16(22)8-20(18)29-3/h4-5,8,14-15,17,19,27H,6-7,9-11H2,1-3H3/t14-,15+,17+,19+/m0/s1. The number of aliphatic hydroxyl groups excluding tert-OH is 1. The fourth-order valence-electron chi connectivity index (χ4n) is 4.56. The number of aromatic nitrogens is 3. The summed E-state index contributed by atoms with van der Waals surface area (Å²) < 4.78 is 13.1. The first-order valence-corrected chi connectivity index (χ1v) is 10.6. The van der Waals surface area contributed by atoms with E-state index in [0.717, 1.165) is 5.82 Å². The van der Waals surface area contributed by atoms with Crippen LogP contribution in [0.1, 0.15) is 24.5 Å². The van der Waals surface area contributed by atoms with Crippen molar-refractivity contribution in [3.05, 3.63) is 34.9 Å². The SMILES string of the molecule is COc1cc(Cl)ccc1O[C@@H]1C[C@@H]2CN(C(=O)Cn3nc(C)nc3C)C[C@@H]2C[C@H]1O. The van der Waals surface area contributed by atoms with Crippen LogP contribution in [0.25, 0.3) is 0 Å². The van der Waals surface area contributed by atoms with E-state index in [2.05, 4.69) is 10.1 Å². The van der Waals surface area contributed by atoms with Crippen molar-refractivity contribution >= 4 is 17.5 Å². The largest absolute Gasteiger partial charge is 0.493 e. The first-order valence-electron chi connectivity index (χ1n) is 10.2. The Labute approximate surface area is 180 Å². The Morgan fingerprint density at radius 1 is 1.23 bits per heavy atom. The third-order valence-corrected chi connectivity index (χ3v) is 6.32. The molecule has 162 valence electrons. The maximum atomic E-state index is 12.8. The predicted molar refractivity (Wildman–Crippen MR) is 111 cm³/mol. The highest BCUT2D eigenvalue weighted by atomic mass is 35.5. The second-order valence-electron chi connectivity index (χ2n) is 8.17. The minimum absolute atomic E-state index is 0.0312. The van der Waals surface area contributed by atoms with Gasteiger partial charge in [-0.1, -0.05) is 11.6 Å². The molecule has 2 aromatic rings. The van der Waals surface area contributed by atoms with Gasteiger partial charge < -0.3 is 19.5 Å². The number of benzene rings is 1. The van der Waals surface area contributed by atoms with Crippen LogP contribution in [0.5, 0.6) is 11.5 Å². The average Bonchev–Trinajstić information content (AvgIpc) is 3.25. The van der Waals surface area contributed by atoms with Crippen molar-refractivity contribution in [1.29, 1.82) is 0 Å². The van der Waals surface area contributed by atoms with E-state index in [1.54, 1.807) is 30.0 Å². The predicted octanol–water partition coefficient (Wildman–Crippen LogP) is 2.23. The molecule has 0 radical (unpaired) electrons. The number of ether oxygens (including phenoxy) is 2. The molecule has 1 aromatic carbocycles. The van der Waals surface area contributed by atoms with Gasteiger partial charge >= 0.3 is 0 Å². The zero-order valence-electron chi connectivity index (χ0n) is 17.4. The molecule has 0 spiro atoms. The number of fused-ring (bicyclic) bond motifs is 1. The molecule has 1 saturated carbocycles. The zero-order valence-corrected chi connectivity index (χ0v) is 18.2. The topological polar surface area (TPSA) is 89.7 Å². The van der Waals surface area contributed by atoms with Gasteiger partial charge in [0.2, 0.25) is 5.91 Å². The van der Waals surface area contributed by atoms with Gasteiger partial charge in [0, 0.05) is 24.2 Å². The number of carbonyl (C=O) groups excluding carboxylic acids is 1. The van der Waals surface area contributed by atoms with Gasteiger partial charge in [0.15, 0.2) is 11.5 Å². The quantitative estimate of drug-likeness (QED) is 0.776. The lowest BCUT2D eigenvalue weighted by molar-refractivity contribution is -0.131. The van der Waals surface area contributed by atoms with Crippen molar-refractivity contribution in [2.24, 2.45) is 11.8 Å². The lowest BCUT2D eigenvalue weighted by Crippen LogP contribution is -2.42. The van der Waals surface area contributed by atoms with Crippen LogP contribution in [0, 0.1) is 25.7 Å². The molecule has 8 nitrogen and oxygen atoms in total. The molecule has 1 aliphatic heterocycles. The van der Waals surface area contributed by atoms with Crippen LogP contribution in [0.2, 0.25) is 5.02 Å². The van der Waals surface area contributed by atoms with E-state index in [1.165, 1.54) is 0 Å². The van der Waals surface area contributed by atoms with Crippen molar-refractivity contribution < 1.29 is 19.4 Å². The monoisotopic (exact) mass is 434 g/mol. The number of aliphatic hydroxyl groups is 1. The van der Waals surface area contributed by atoms with Crippen molar-refractivity contribution in [2.75, 3.05) is 20.2 Å². The molecule has 1 aliphatic carbocycles. The maximum Gasteiger partial charge on any atom is 0.244 e. The summed E-state index contributed by atoms with van der Waals surface area (Å²) in [4.78, 5) is 18.9. The van der Waals surface area contributed by atoms with Gasteiger partial charge in [-0.15, -0.1) is 0 Å². The Morgan fingerprint density at radius 2 is 1.97 bits per heavy atom. The van der Waals surface area contributed by atoms with Crippen molar-refractivity contribution in [2.45, 2.75) is 45.4 Å². The van der Waals surface area contributed by atoms with E-state index >= 15 is 0 Å². The first kappa shape index (κ1) is 20.9. The van der Waals surface area contributed by atoms with Gasteiger partial charge in [0.05, 0.1) is 13.2 Å². The average molecular weight is 435 g/mol. The second-order valence-corrected chi connectivity index (χ2v) is 8.61. The third-order valence-electron chi connectivity index (χ3n) is 6.09. The maximum absolute atomic E-state index is 12.8. The van der Waals surface area contributed by atoms with E-state index in [0.29, 0.717) is 54.2 Å². The summed E-state index contributed by atoms with van der Waals surface area (Å²) >= 11 is 6.02. The summed E-state index contributed by atoms with van der Waals surface area (Å²) in [7, 11) is 1.56. The third kappa shape index (κ3) is 4.25. The highest BCUT2D eigenvalue weighted by Gasteiger charge is 2.44. The van der Waals surface area contributed by atoms with E-state index in [9.17, 15) is 9.90 Å². The summed E-state index contributed by atoms with van der Waals surface area (Å²) in [6.45, 7) is 5.18. The Morgan fingerprint density at radius 3 is 2.63 bits per heavy atom. The molecule has 4 rings (SSSR count). The van der Waals surface area contributed by atoms with Gasteiger partial charge in [-0.3, -0.25) is 4.79 Å². The lowest BCUT2D eigenvalue weighted by Gasteiger charge is -2.35. The van der Waals surface area contributed by atoms with Crippen LogP contribution in [-0.2, 0) is 11.3 Å². The summed E-state index contributed by atoms with van der Waals surface area (Å²) in [5.74, 6) is 3.10. The van der Waals surface area contributed by atoms with Gasteiger partial charge in [-0.05, 0) is 50.7 Å². The Hall–Kier alpha value is -2.32. The van der Waals surface area contributed by atoms with Crippen molar-refractivity contribution in [1.82, 2.24) is 19.7 Å². The minimum Gasteiger partial charge on any atom is -0.493 e. The molecular formula is C21H27ClN4O4. The molecule has 2 fully saturated rings. The number of rotatable bonds is 5. The molecule has 2 aliphatic rings. The number of amides is 1. The van der Waals surface area contributed by atoms with E-state index < -0.39 is 6.10 Å². The molecule has 1 aromatic heterocycles. The number of nitrogens with zero attached hydrogens (tertiary/aromatic N) is 4. The minimum atomic E-state index is -0.595. The van der Waals surface area contributed by atoms with Gasteiger partial charge in [0.25, 0.3) is 0 Å². The smallest absolute Gasteiger partial charge is 0.244 e. The Balaban J connectivity index is 1.40. The van der Waals surface area contributed by atoms with Crippen LogP contribution in [0.15, 0.2) is 18.2 Å². The van der Waals surface area contributed by atoms with E-state index in [4.69, 9.17) is 21.1 Å². The molecule has 1 saturated heterocycles. The van der Waals surface area contributed by atoms with Gasteiger partial charge in [-0.25, -0.2) is 9.67 Å². The van der Waals surface area contributed by atoms with Crippen LogP contribution in [0.4, 0.5) is 0 Å². The van der Waals surface area contributed by atoms with Gasteiger partial charge in [0.1, 0.15) is 24.3 Å². The molecule has 0 bridgehead atoms. The van der Waals surface area contributed by atoms with Crippen LogP contribution in [0.3, 0.4) is 0 Å². The number of aryl methyl sites for hydroxylation is 2. The molecule has 1 amide bonds. The highest BCUT2D eigenvalue weighted by Crippen LogP contribution is 2.40. The second kappa shape index (κ2) is 8.43. The fraction of sp³-hybridized carbons (Fsp3) is 0.571. The number of likely N-dealkylation sites (tertiary alicyclic amines) is 1. The Kier molecular flexibility index (Phi) is 5.88. The molecule has 30 heavy (non-hydrogen) atoms. The summed E-state index contributed by atoms with van der Waals surface area (Å²) in [6.07, 6.45) is 0.345. The van der Waals surface area contributed by atoms with Crippen molar-refractivity contribution in [3.8, 4) is 11.5 Å².